The summed E-state index contributed by atoms with van der Waals surface area (Å²) in [5.41, 5.74) is -0.0314. The van der Waals surface area contributed by atoms with E-state index in [2.05, 4.69) is 5.32 Å². The molecule has 0 saturated carbocycles. The van der Waals surface area contributed by atoms with Crippen LogP contribution in [0.1, 0.15) is 31.9 Å². The summed E-state index contributed by atoms with van der Waals surface area (Å²) < 4.78 is 5.40. The molecule has 2 heterocycles. The third-order valence-electron chi connectivity index (χ3n) is 4.32. The van der Waals surface area contributed by atoms with E-state index in [9.17, 15) is 9.59 Å². The Morgan fingerprint density at radius 1 is 1.24 bits per heavy atom. The van der Waals surface area contributed by atoms with E-state index in [1.165, 1.54) is 0 Å². The molecule has 112 valence electrons. The third kappa shape index (κ3) is 2.31. The molecule has 2 atom stereocenters. The molecule has 1 aromatic carbocycles. The molecule has 2 aliphatic heterocycles. The van der Waals surface area contributed by atoms with Gasteiger partial charge in [-0.05, 0) is 25.8 Å². The van der Waals surface area contributed by atoms with Gasteiger partial charge in [-0.3, -0.25) is 9.59 Å². The Balaban J connectivity index is 1.96. The van der Waals surface area contributed by atoms with Crippen molar-refractivity contribution in [3.63, 3.8) is 0 Å². The molecule has 2 saturated heterocycles. The first kappa shape index (κ1) is 14.1. The predicted molar refractivity (Wildman–Crippen MR) is 77.5 cm³/mol. The largest absolute Gasteiger partial charge is 0.379 e. The number of carbonyl (C=O) groups excluding carboxylic acids is 2. The van der Waals surface area contributed by atoms with Gasteiger partial charge in [-0.25, -0.2) is 0 Å². The van der Waals surface area contributed by atoms with E-state index in [1.54, 1.807) is 18.7 Å². The fourth-order valence-electron chi connectivity index (χ4n) is 3.13. The summed E-state index contributed by atoms with van der Waals surface area (Å²) in [5, 5.41) is 2.86. The average Bonchev–Trinajstić information content (AvgIpc) is 2.97. The molecule has 0 spiro atoms. The number of carbonyl (C=O) groups is 2. The minimum Gasteiger partial charge on any atom is -0.379 e. The summed E-state index contributed by atoms with van der Waals surface area (Å²) >= 11 is 0. The van der Waals surface area contributed by atoms with Crippen LogP contribution in [0.15, 0.2) is 30.3 Å². The first-order chi connectivity index (χ1) is 10.0. The van der Waals surface area contributed by atoms with Gasteiger partial charge in [0.25, 0.3) is 5.91 Å². The highest BCUT2D eigenvalue weighted by Crippen LogP contribution is 2.32. The predicted octanol–water partition coefficient (Wildman–Crippen LogP) is 1.25. The Morgan fingerprint density at radius 3 is 2.57 bits per heavy atom. The number of nitrogens with one attached hydrogen (secondary N) is 1. The Kier molecular flexibility index (Phi) is 3.45. The maximum absolute atomic E-state index is 12.9. The molecule has 0 aliphatic carbocycles. The lowest BCUT2D eigenvalue weighted by Gasteiger charge is -2.47. The highest BCUT2D eigenvalue weighted by atomic mass is 16.5. The highest BCUT2D eigenvalue weighted by Gasteiger charge is 2.50. The van der Waals surface area contributed by atoms with Crippen molar-refractivity contribution in [1.29, 1.82) is 0 Å². The smallest absolute Gasteiger partial charge is 0.251 e. The molecule has 5 heteroatoms. The number of ether oxygens (including phenoxy) is 1. The number of piperazine rings is 1. The molecule has 0 radical (unpaired) electrons. The zero-order valence-corrected chi connectivity index (χ0v) is 12.3. The molecule has 0 bridgehead atoms. The number of benzene rings is 1. The maximum Gasteiger partial charge on any atom is 0.251 e. The van der Waals surface area contributed by atoms with Gasteiger partial charge in [0.1, 0.15) is 11.6 Å². The van der Waals surface area contributed by atoms with Crippen LogP contribution in [0.25, 0.3) is 0 Å². The van der Waals surface area contributed by atoms with Gasteiger partial charge >= 0.3 is 0 Å². The average molecular weight is 288 g/mol. The fraction of sp³-hybridized carbons (Fsp3) is 0.500. The van der Waals surface area contributed by atoms with Gasteiger partial charge in [0.2, 0.25) is 5.91 Å². The molecule has 2 aliphatic rings. The summed E-state index contributed by atoms with van der Waals surface area (Å²) in [5.74, 6) is -0.177. The minimum absolute atomic E-state index is 0.0234. The first-order valence-electron chi connectivity index (χ1n) is 7.28. The molecule has 5 nitrogen and oxygen atoms in total. The molecule has 1 N–H and O–H groups in total. The molecule has 21 heavy (non-hydrogen) atoms. The summed E-state index contributed by atoms with van der Waals surface area (Å²) in [6.45, 7) is 4.73. The van der Waals surface area contributed by atoms with Crippen molar-refractivity contribution in [3.8, 4) is 0 Å². The van der Waals surface area contributed by atoms with Gasteiger partial charge in [-0.15, -0.1) is 0 Å². The van der Waals surface area contributed by atoms with Gasteiger partial charge in [-0.1, -0.05) is 30.3 Å². The lowest BCUT2D eigenvalue weighted by molar-refractivity contribution is -0.159. The van der Waals surface area contributed by atoms with E-state index >= 15 is 0 Å². The van der Waals surface area contributed by atoms with Gasteiger partial charge in [-0.2, -0.15) is 0 Å². The second-order valence-corrected chi connectivity index (χ2v) is 6.10. The van der Waals surface area contributed by atoms with E-state index in [4.69, 9.17) is 4.74 Å². The number of rotatable bonds is 2. The molecular formula is C16H20N2O3. The Morgan fingerprint density at radius 2 is 1.95 bits per heavy atom. The zero-order chi connectivity index (χ0) is 15.0. The van der Waals surface area contributed by atoms with Crippen molar-refractivity contribution < 1.29 is 14.3 Å². The lowest BCUT2D eigenvalue weighted by atomic mass is 9.90. The zero-order valence-electron chi connectivity index (χ0n) is 12.3. The van der Waals surface area contributed by atoms with Crippen molar-refractivity contribution in [2.45, 2.75) is 37.9 Å². The molecular weight excluding hydrogens is 268 g/mol. The van der Waals surface area contributed by atoms with Crippen molar-refractivity contribution in [2.75, 3.05) is 13.2 Å². The van der Waals surface area contributed by atoms with Crippen LogP contribution in [0.4, 0.5) is 0 Å². The summed E-state index contributed by atoms with van der Waals surface area (Å²) in [4.78, 5) is 27.1. The molecule has 3 rings (SSSR count). The van der Waals surface area contributed by atoms with Crippen LogP contribution in [0.2, 0.25) is 0 Å². The van der Waals surface area contributed by atoms with Gasteiger partial charge in [0, 0.05) is 6.61 Å². The van der Waals surface area contributed by atoms with Crippen molar-refractivity contribution in [2.24, 2.45) is 0 Å². The van der Waals surface area contributed by atoms with Crippen LogP contribution >= 0.6 is 0 Å². The van der Waals surface area contributed by atoms with Crippen molar-refractivity contribution >= 4 is 11.8 Å². The number of nitrogens with zero attached hydrogens (tertiary/aromatic N) is 1. The number of hydrogen-bond donors (Lipinski definition) is 1. The van der Waals surface area contributed by atoms with E-state index in [0.717, 1.165) is 12.0 Å². The van der Waals surface area contributed by atoms with Gasteiger partial charge < -0.3 is 15.0 Å². The topological polar surface area (TPSA) is 58.6 Å². The van der Waals surface area contributed by atoms with Crippen LogP contribution in [0.5, 0.6) is 0 Å². The Hall–Kier alpha value is -1.88. The summed E-state index contributed by atoms with van der Waals surface area (Å²) in [6.07, 6.45) is 0.782. The summed E-state index contributed by atoms with van der Waals surface area (Å²) in [6, 6.07) is 8.74. The van der Waals surface area contributed by atoms with E-state index in [0.29, 0.717) is 13.2 Å². The molecule has 1 aromatic rings. The Bertz CT molecular complexity index is 550. The summed E-state index contributed by atoms with van der Waals surface area (Å²) in [7, 11) is 0. The van der Waals surface area contributed by atoms with Crippen LogP contribution in [-0.4, -0.2) is 41.5 Å². The molecule has 2 unspecified atom stereocenters. The number of hydrogen-bond acceptors (Lipinski definition) is 3. The molecule has 2 fully saturated rings. The lowest BCUT2D eigenvalue weighted by Crippen LogP contribution is -2.68. The van der Waals surface area contributed by atoms with Crippen molar-refractivity contribution in [1.82, 2.24) is 10.2 Å². The number of amides is 2. The third-order valence-corrected chi connectivity index (χ3v) is 4.32. The normalized spacial score (nSPS) is 28.6. The van der Waals surface area contributed by atoms with Crippen LogP contribution in [0, 0.1) is 0 Å². The minimum atomic E-state index is -0.846. The highest BCUT2D eigenvalue weighted by molar-refractivity contribution is 6.00. The van der Waals surface area contributed by atoms with E-state index in [1.807, 2.05) is 30.3 Å². The quantitative estimate of drug-likeness (QED) is 0.891. The van der Waals surface area contributed by atoms with Crippen LogP contribution in [0.3, 0.4) is 0 Å². The van der Waals surface area contributed by atoms with Crippen LogP contribution in [-0.2, 0) is 14.3 Å². The van der Waals surface area contributed by atoms with Crippen LogP contribution < -0.4 is 5.32 Å². The van der Waals surface area contributed by atoms with Gasteiger partial charge in [0.05, 0.1) is 12.6 Å². The monoisotopic (exact) mass is 288 g/mol. The van der Waals surface area contributed by atoms with E-state index in [-0.39, 0.29) is 17.9 Å². The SMILES string of the molecule is CC1(C)C(=O)NC(c2ccccc2)C(=O)N1C1CCOC1. The fourth-order valence-corrected chi connectivity index (χ4v) is 3.13. The molecule has 0 aromatic heterocycles. The second kappa shape index (κ2) is 5.15. The first-order valence-corrected chi connectivity index (χ1v) is 7.28. The standard InChI is InChI=1S/C16H20N2O3/c1-16(2)15(20)17-13(11-6-4-3-5-7-11)14(19)18(16)12-8-9-21-10-12/h3-7,12-13H,8-10H2,1-2H3,(H,17,20). The molecule has 2 amide bonds. The maximum atomic E-state index is 12.9. The van der Waals surface area contributed by atoms with Gasteiger partial charge in [0.15, 0.2) is 0 Å². The second-order valence-electron chi connectivity index (χ2n) is 6.10. The Labute approximate surface area is 124 Å². The van der Waals surface area contributed by atoms with E-state index < -0.39 is 11.6 Å². The van der Waals surface area contributed by atoms with Crippen molar-refractivity contribution in [3.05, 3.63) is 35.9 Å².